The Hall–Kier alpha value is -1.16. The average molecular weight is 180 g/mol. The van der Waals surface area contributed by atoms with Gasteiger partial charge in [0.1, 0.15) is 0 Å². The van der Waals surface area contributed by atoms with Crippen LogP contribution >= 0.6 is 0 Å². The van der Waals surface area contributed by atoms with Gasteiger partial charge in [-0.25, -0.2) is 0 Å². The van der Waals surface area contributed by atoms with Crippen LogP contribution in [0.3, 0.4) is 0 Å². The number of hydrogen-bond acceptors (Lipinski definition) is 3. The summed E-state index contributed by atoms with van der Waals surface area (Å²) in [6, 6.07) is 0.0636. The van der Waals surface area contributed by atoms with Crippen LogP contribution in [0.4, 0.5) is 0 Å². The zero-order valence-corrected chi connectivity index (χ0v) is 7.26. The molecule has 0 aliphatic heterocycles. The third-order valence-corrected chi connectivity index (χ3v) is 2.54. The highest BCUT2D eigenvalue weighted by atomic mass is 16.3. The molecule has 1 N–H and O–H groups in total. The Bertz CT molecular complexity index is 308. The number of aromatic nitrogens is 2. The molecule has 4 nitrogen and oxygen atoms in total. The van der Waals surface area contributed by atoms with Gasteiger partial charge in [-0.1, -0.05) is 0 Å². The van der Waals surface area contributed by atoms with Crippen molar-refractivity contribution >= 4 is 6.29 Å². The van der Waals surface area contributed by atoms with Gasteiger partial charge in [0, 0.05) is 6.20 Å². The van der Waals surface area contributed by atoms with Gasteiger partial charge in [-0.2, -0.15) is 5.10 Å². The summed E-state index contributed by atoms with van der Waals surface area (Å²) in [6.07, 6.45) is 6.48. The van der Waals surface area contributed by atoms with Crippen LogP contribution in [-0.4, -0.2) is 27.3 Å². The fraction of sp³-hybridized carbons (Fsp3) is 0.556. The molecule has 1 aromatic heterocycles. The van der Waals surface area contributed by atoms with Crippen LogP contribution in [0.25, 0.3) is 0 Å². The molecule has 70 valence electrons. The second-order valence-corrected chi connectivity index (χ2v) is 3.44. The van der Waals surface area contributed by atoms with E-state index in [9.17, 15) is 9.90 Å². The van der Waals surface area contributed by atoms with Gasteiger partial charge in [-0.15, -0.1) is 0 Å². The smallest absolute Gasteiger partial charge is 0.153 e. The summed E-state index contributed by atoms with van der Waals surface area (Å²) in [5, 5.41) is 13.6. The van der Waals surface area contributed by atoms with Crippen LogP contribution in [0.2, 0.25) is 0 Å². The molecule has 0 bridgehead atoms. The highest BCUT2D eigenvalue weighted by Crippen LogP contribution is 2.29. The maximum Gasteiger partial charge on any atom is 0.153 e. The van der Waals surface area contributed by atoms with Crippen LogP contribution in [0, 0.1) is 0 Å². The maximum absolute atomic E-state index is 10.4. The quantitative estimate of drug-likeness (QED) is 0.684. The molecule has 1 aliphatic rings. The van der Waals surface area contributed by atoms with Crippen molar-refractivity contribution in [2.45, 2.75) is 31.4 Å². The van der Waals surface area contributed by atoms with Crippen molar-refractivity contribution in [2.75, 3.05) is 0 Å². The van der Waals surface area contributed by atoms with E-state index in [2.05, 4.69) is 5.10 Å². The Kier molecular flexibility index (Phi) is 2.14. The van der Waals surface area contributed by atoms with Gasteiger partial charge in [0.05, 0.1) is 23.9 Å². The Morgan fingerprint density at radius 2 is 2.46 bits per heavy atom. The lowest BCUT2D eigenvalue weighted by molar-refractivity contribution is 0.112. The number of aliphatic hydroxyl groups excluding tert-OH is 1. The molecule has 1 aromatic rings. The molecule has 2 rings (SSSR count). The fourth-order valence-electron chi connectivity index (χ4n) is 1.82. The molecule has 1 fully saturated rings. The van der Waals surface area contributed by atoms with Crippen molar-refractivity contribution in [2.24, 2.45) is 0 Å². The highest BCUT2D eigenvalue weighted by molar-refractivity contribution is 5.73. The van der Waals surface area contributed by atoms with Crippen LogP contribution in [-0.2, 0) is 0 Å². The second-order valence-electron chi connectivity index (χ2n) is 3.44. The summed E-state index contributed by atoms with van der Waals surface area (Å²) in [4.78, 5) is 10.4. The van der Waals surface area contributed by atoms with Crippen LogP contribution in [0.15, 0.2) is 12.4 Å². The zero-order valence-electron chi connectivity index (χ0n) is 7.26. The molecule has 0 amide bonds. The van der Waals surface area contributed by atoms with Crippen molar-refractivity contribution in [3.8, 4) is 0 Å². The predicted octanol–water partition coefficient (Wildman–Crippen LogP) is 0.782. The number of carbonyl (C=O) groups excluding carboxylic acids is 1. The minimum absolute atomic E-state index is 0.0636. The molecule has 2 unspecified atom stereocenters. The number of hydrogen-bond donors (Lipinski definition) is 1. The summed E-state index contributed by atoms with van der Waals surface area (Å²) < 4.78 is 1.70. The van der Waals surface area contributed by atoms with E-state index in [1.165, 1.54) is 6.20 Å². The third kappa shape index (κ3) is 1.49. The normalized spacial score (nSPS) is 27.8. The lowest BCUT2D eigenvalue weighted by Crippen LogP contribution is -2.18. The Balaban J connectivity index is 2.19. The number of carbonyl (C=O) groups is 1. The first kappa shape index (κ1) is 8.44. The molecule has 0 saturated heterocycles. The summed E-state index contributed by atoms with van der Waals surface area (Å²) in [7, 11) is 0. The molecule has 0 aromatic carbocycles. The van der Waals surface area contributed by atoms with Crippen molar-refractivity contribution in [1.82, 2.24) is 9.78 Å². The standard InChI is InChI=1S/C9H12N2O2/c12-6-7-4-10-11(5-7)8-2-1-3-9(8)13/h4-6,8-9,13H,1-3H2. The van der Waals surface area contributed by atoms with Gasteiger partial charge in [0.15, 0.2) is 6.29 Å². The Morgan fingerprint density at radius 1 is 1.62 bits per heavy atom. The monoisotopic (exact) mass is 180 g/mol. The zero-order chi connectivity index (χ0) is 9.26. The number of aliphatic hydroxyl groups is 1. The molecule has 1 aliphatic carbocycles. The molecule has 1 heterocycles. The summed E-state index contributed by atoms with van der Waals surface area (Å²) in [6.45, 7) is 0. The fourth-order valence-corrected chi connectivity index (χ4v) is 1.82. The third-order valence-electron chi connectivity index (χ3n) is 2.54. The Morgan fingerprint density at radius 3 is 3.00 bits per heavy atom. The van der Waals surface area contributed by atoms with Gasteiger partial charge in [-0.3, -0.25) is 9.48 Å². The molecule has 0 radical (unpaired) electrons. The van der Waals surface area contributed by atoms with Crippen LogP contribution in [0.5, 0.6) is 0 Å². The van der Waals surface area contributed by atoms with Gasteiger partial charge in [0.2, 0.25) is 0 Å². The molecular weight excluding hydrogens is 168 g/mol. The van der Waals surface area contributed by atoms with Crippen LogP contribution < -0.4 is 0 Å². The Labute approximate surface area is 76.2 Å². The van der Waals surface area contributed by atoms with Gasteiger partial charge in [-0.05, 0) is 19.3 Å². The van der Waals surface area contributed by atoms with Crippen molar-refractivity contribution < 1.29 is 9.90 Å². The first-order valence-corrected chi connectivity index (χ1v) is 4.48. The van der Waals surface area contributed by atoms with E-state index in [0.717, 1.165) is 25.5 Å². The topological polar surface area (TPSA) is 55.1 Å². The molecule has 2 atom stereocenters. The molecule has 4 heteroatoms. The highest BCUT2D eigenvalue weighted by Gasteiger charge is 2.27. The van der Waals surface area contributed by atoms with E-state index in [-0.39, 0.29) is 12.1 Å². The van der Waals surface area contributed by atoms with E-state index in [1.807, 2.05) is 0 Å². The molecule has 0 spiro atoms. The number of rotatable bonds is 2. The minimum Gasteiger partial charge on any atom is -0.391 e. The van der Waals surface area contributed by atoms with Crippen LogP contribution in [0.1, 0.15) is 35.7 Å². The van der Waals surface area contributed by atoms with Gasteiger partial charge < -0.3 is 5.11 Å². The van der Waals surface area contributed by atoms with Gasteiger partial charge in [0.25, 0.3) is 0 Å². The number of aldehydes is 1. The van der Waals surface area contributed by atoms with Crippen molar-refractivity contribution in [1.29, 1.82) is 0 Å². The predicted molar refractivity (Wildman–Crippen MR) is 46.5 cm³/mol. The minimum atomic E-state index is -0.306. The molecule has 1 saturated carbocycles. The number of nitrogens with zero attached hydrogens (tertiary/aromatic N) is 2. The molecule has 13 heavy (non-hydrogen) atoms. The summed E-state index contributed by atoms with van der Waals surface area (Å²) >= 11 is 0. The van der Waals surface area contributed by atoms with E-state index < -0.39 is 0 Å². The SMILES string of the molecule is O=Cc1cnn(C2CCCC2O)c1. The maximum atomic E-state index is 10.4. The second kappa shape index (κ2) is 3.30. The average Bonchev–Trinajstić information content (AvgIpc) is 2.71. The first-order valence-electron chi connectivity index (χ1n) is 4.48. The van der Waals surface area contributed by atoms with E-state index >= 15 is 0 Å². The van der Waals surface area contributed by atoms with E-state index in [4.69, 9.17) is 0 Å². The van der Waals surface area contributed by atoms with Crippen molar-refractivity contribution in [3.05, 3.63) is 18.0 Å². The molecular formula is C9H12N2O2. The lowest BCUT2D eigenvalue weighted by Gasteiger charge is -2.14. The summed E-state index contributed by atoms with van der Waals surface area (Å²) in [5.41, 5.74) is 0.569. The first-order chi connectivity index (χ1) is 6.31. The van der Waals surface area contributed by atoms with Crippen molar-refractivity contribution in [3.63, 3.8) is 0 Å². The van der Waals surface area contributed by atoms with Gasteiger partial charge >= 0.3 is 0 Å². The lowest BCUT2D eigenvalue weighted by atomic mass is 10.2. The largest absolute Gasteiger partial charge is 0.391 e. The summed E-state index contributed by atoms with van der Waals surface area (Å²) in [5.74, 6) is 0. The van der Waals surface area contributed by atoms with E-state index in [1.54, 1.807) is 10.9 Å². The van der Waals surface area contributed by atoms with E-state index in [0.29, 0.717) is 5.56 Å².